The van der Waals surface area contributed by atoms with Crippen LogP contribution in [0.1, 0.15) is 33.4 Å². The van der Waals surface area contributed by atoms with Crippen LogP contribution < -0.4 is 9.47 Å². The highest BCUT2D eigenvalue weighted by Crippen LogP contribution is 2.34. The standard InChI is InChI=1S/C47H35NO4/c1-4-46(49)51-38-22-18-36(19-23-38)40(34-12-8-6-9-13-34)28-32-16-26-44-42(30-32)43-31-33(17-27-45(43)48(44)3)29-41(35-14-10-7-11-15-35)37-20-24-39(25-21-37)52-47(50)5-2/h4-31H,1-2H2,3H3. The second kappa shape index (κ2) is 14.9. The molecule has 0 radical (unpaired) electrons. The summed E-state index contributed by atoms with van der Waals surface area (Å²) in [4.78, 5) is 23.5. The van der Waals surface area contributed by atoms with Crippen molar-refractivity contribution < 1.29 is 19.1 Å². The molecule has 1 heterocycles. The smallest absolute Gasteiger partial charge is 0.335 e. The van der Waals surface area contributed by atoms with Gasteiger partial charge in [-0.2, -0.15) is 0 Å². The van der Waals surface area contributed by atoms with Gasteiger partial charge in [-0.1, -0.05) is 110 Å². The van der Waals surface area contributed by atoms with Crippen molar-refractivity contribution in [1.82, 2.24) is 4.57 Å². The van der Waals surface area contributed by atoms with E-state index in [2.05, 4.69) is 97.6 Å². The SMILES string of the molecule is C=CC(=O)Oc1ccc(C(=Cc2ccc3c(c2)c2cc(C=C(c4ccccc4)c4ccc(OC(=O)C=C)cc4)ccc2n3C)c2ccccc2)cc1. The van der Waals surface area contributed by atoms with E-state index >= 15 is 0 Å². The molecule has 5 heteroatoms. The van der Waals surface area contributed by atoms with Crippen LogP contribution in [-0.4, -0.2) is 16.5 Å². The highest BCUT2D eigenvalue weighted by Gasteiger charge is 2.13. The molecule has 6 aromatic carbocycles. The van der Waals surface area contributed by atoms with Crippen LogP contribution in [0.3, 0.4) is 0 Å². The summed E-state index contributed by atoms with van der Waals surface area (Å²) < 4.78 is 12.9. The molecule has 0 fully saturated rings. The third-order valence-corrected chi connectivity index (χ3v) is 8.95. The van der Waals surface area contributed by atoms with Gasteiger partial charge in [0.2, 0.25) is 0 Å². The predicted molar refractivity (Wildman–Crippen MR) is 212 cm³/mol. The monoisotopic (exact) mass is 677 g/mol. The van der Waals surface area contributed by atoms with E-state index in [-0.39, 0.29) is 0 Å². The first-order chi connectivity index (χ1) is 25.4. The van der Waals surface area contributed by atoms with Crippen molar-refractivity contribution in [3.8, 4) is 11.5 Å². The van der Waals surface area contributed by atoms with Gasteiger partial charge in [0.15, 0.2) is 0 Å². The summed E-state index contributed by atoms with van der Waals surface area (Å²) in [5.74, 6) is -0.0614. The van der Waals surface area contributed by atoms with E-state index in [1.165, 1.54) is 0 Å². The lowest BCUT2D eigenvalue weighted by Gasteiger charge is -2.11. The van der Waals surface area contributed by atoms with Gasteiger partial charge < -0.3 is 14.0 Å². The second-order valence-corrected chi connectivity index (χ2v) is 12.3. The molecule has 0 aliphatic rings. The molecule has 0 spiro atoms. The summed E-state index contributed by atoms with van der Waals surface area (Å²) >= 11 is 0. The minimum atomic E-state index is -0.493. The average molecular weight is 678 g/mol. The Morgan fingerprint density at radius 1 is 0.500 bits per heavy atom. The number of carbonyl (C=O) groups is 2. The van der Waals surface area contributed by atoms with Crippen LogP contribution in [0.2, 0.25) is 0 Å². The molecule has 52 heavy (non-hydrogen) atoms. The van der Waals surface area contributed by atoms with Gasteiger partial charge in [-0.25, -0.2) is 9.59 Å². The van der Waals surface area contributed by atoms with Crippen LogP contribution in [0.15, 0.2) is 171 Å². The first-order valence-corrected chi connectivity index (χ1v) is 16.9. The lowest BCUT2D eigenvalue weighted by molar-refractivity contribution is -0.129. The van der Waals surface area contributed by atoms with Gasteiger partial charge in [-0.3, -0.25) is 0 Å². The van der Waals surface area contributed by atoms with Gasteiger partial charge in [0.05, 0.1) is 0 Å². The molecule has 5 nitrogen and oxygen atoms in total. The van der Waals surface area contributed by atoms with E-state index < -0.39 is 11.9 Å². The molecule has 0 saturated carbocycles. The summed E-state index contributed by atoms with van der Waals surface area (Å²) in [5.41, 5.74) is 10.6. The number of esters is 2. The molecule has 7 rings (SSSR count). The van der Waals surface area contributed by atoms with E-state index in [0.29, 0.717) is 11.5 Å². The van der Waals surface area contributed by atoms with Gasteiger partial charge in [0.25, 0.3) is 0 Å². The molecule has 0 unspecified atom stereocenters. The van der Waals surface area contributed by atoms with E-state index in [0.717, 1.165) is 78.5 Å². The molecule has 0 aliphatic heterocycles. The Kier molecular flexibility index (Phi) is 9.58. The maximum absolute atomic E-state index is 11.7. The molecule has 0 bridgehead atoms. The number of hydrogen-bond donors (Lipinski definition) is 0. The Morgan fingerprint density at radius 3 is 1.23 bits per heavy atom. The Morgan fingerprint density at radius 2 is 0.865 bits per heavy atom. The molecule has 252 valence electrons. The molecule has 0 amide bonds. The first-order valence-electron chi connectivity index (χ1n) is 16.9. The minimum absolute atomic E-state index is 0.463. The highest BCUT2D eigenvalue weighted by molar-refractivity contribution is 6.10. The van der Waals surface area contributed by atoms with E-state index in [4.69, 9.17) is 9.47 Å². The van der Waals surface area contributed by atoms with Crippen molar-refractivity contribution in [3.05, 3.63) is 204 Å². The normalized spacial score (nSPS) is 11.7. The minimum Gasteiger partial charge on any atom is -0.423 e. The third kappa shape index (κ3) is 7.16. The number of carbonyl (C=O) groups excluding carboxylic acids is 2. The third-order valence-electron chi connectivity index (χ3n) is 8.95. The zero-order valence-corrected chi connectivity index (χ0v) is 28.7. The summed E-state index contributed by atoms with van der Waals surface area (Å²) in [5, 5.41) is 2.30. The fourth-order valence-electron chi connectivity index (χ4n) is 6.39. The molecule has 7 aromatic rings. The number of rotatable bonds is 10. The summed E-state index contributed by atoms with van der Waals surface area (Å²) in [6, 6.07) is 48.7. The van der Waals surface area contributed by atoms with Crippen molar-refractivity contribution >= 4 is 57.0 Å². The Labute approximate surface area is 302 Å². The van der Waals surface area contributed by atoms with Crippen LogP contribution in [-0.2, 0) is 16.6 Å². The summed E-state index contributed by atoms with van der Waals surface area (Å²) in [7, 11) is 2.10. The van der Waals surface area contributed by atoms with Crippen molar-refractivity contribution in [2.24, 2.45) is 7.05 Å². The molecule has 0 aliphatic carbocycles. The van der Waals surface area contributed by atoms with Crippen LogP contribution >= 0.6 is 0 Å². The maximum atomic E-state index is 11.7. The Balaban J connectivity index is 1.31. The van der Waals surface area contributed by atoms with Crippen molar-refractivity contribution in [1.29, 1.82) is 0 Å². The number of fused-ring (bicyclic) bond motifs is 3. The van der Waals surface area contributed by atoms with Crippen LogP contribution in [0.25, 0.3) is 45.1 Å². The molecule has 0 atom stereocenters. The zero-order valence-electron chi connectivity index (χ0n) is 28.7. The van der Waals surface area contributed by atoms with Crippen LogP contribution in [0.5, 0.6) is 11.5 Å². The summed E-state index contributed by atoms with van der Waals surface area (Å²) in [6.07, 6.45) is 6.70. The summed E-state index contributed by atoms with van der Waals surface area (Å²) in [6.45, 7) is 6.97. The topological polar surface area (TPSA) is 57.5 Å². The molecular weight excluding hydrogens is 643 g/mol. The molecular formula is C47H35NO4. The van der Waals surface area contributed by atoms with Crippen LogP contribution in [0.4, 0.5) is 0 Å². The number of aromatic nitrogens is 1. The fourth-order valence-corrected chi connectivity index (χ4v) is 6.39. The van der Waals surface area contributed by atoms with Crippen molar-refractivity contribution in [2.45, 2.75) is 0 Å². The van der Waals surface area contributed by atoms with Gasteiger partial charge in [0.1, 0.15) is 11.5 Å². The van der Waals surface area contributed by atoms with Crippen LogP contribution in [0, 0.1) is 0 Å². The molecule has 1 aromatic heterocycles. The lowest BCUT2D eigenvalue weighted by atomic mass is 9.94. The average Bonchev–Trinajstić information content (AvgIpc) is 3.47. The van der Waals surface area contributed by atoms with Gasteiger partial charge in [0, 0.05) is 41.0 Å². The van der Waals surface area contributed by atoms with E-state index in [9.17, 15) is 9.59 Å². The fraction of sp³-hybridized carbons (Fsp3) is 0.0213. The first kappa shape index (κ1) is 33.5. The number of nitrogens with zero attached hydrogens (tertiary/aromatic N) is 1. The lowest BCUT2D eigenvalue weighted by Crippen LogP contribution is -2.02. The van der Waals surface area contributed by atoms with Gasteiger partial charge in [-0.15, -0.1) is 0 Å². The predicted octanol–water partition coefficient (Wildman–Crippen LogP) is 10.7. The molecule has 0 saturated heterocycles. The number of benzene rings is 6. The maximum Gasteiger partial charge on any atom is 0.335 e. The van der Waals surface area contributed by atoms with Gasteiger partial charge in [-0.05, 0) is 105 Å². The molecule has 0 N–H and O–H groups in total. The quantitative estimate of drug-likeness (QED) is 0.0626. The zero-order chi connectivity index (χ0) is 36.0. The number of hydrogen-bond acceptors (Lipinski definition) is 4. The second-order valence-electron chi connectivity index (χ2n) is 12.3. The van der Waals surface area contributed by atoms with E-state index in [1.54, 1.807) is 24.3 Å². The van der Waals surface area contributed by atoms with Crippen molar-refractivity contribution in [2.75, 3.05) is 0 Å². The van der Waals surface area contributed by atoms with E-state index in [1.807, 2.05) is 60.7 Å². The van der Waals surface area contributed by atoms with Gasteiger partial charge >= 0.3 is 11.9 Å². The largest absolute Gasteiger partial charge is 0.423 e. The number of aryl methyl sites for hydroxylation is 1. The Bertz CT molecular complexity index is 2330. The Hall–Kier alpha value is -6.98. The number of ether oxygens (including phenoxy) is 2. The highest BCUT2D eigenvalue weighted by atomic mass is 16.5. The van der Waals surface area contributed by atoms with Crippen molar-refractivity contribution in [3.63, 3.8) is 0 Å².